The lowest BCUT2D eigenvalue weighted by Crippen LogP contribution is -2.21. The maximum atomic E-state index is 13.9. The van der Waals surface area contributed by atoms with Crippen molar-refractivity contribution in [2.45, 2.75) is 19.4 Å². The predicted molar refractivity (Wildman–Crippen MR) is 131 cm³/mol. The summed E-state index contributed by atoms with van der Waals surface area (Å²) in [5, 5.41) is 13.6. The molecule has 0 bridgehead atoms. The van der Waals surface area contributed by atoms with Gasteiger partial charge in [-0.15, -0.1) is 0 Å². The fraction of sp³-hybridized carbons (Fsp3) is 0.222. The third-order valence-electron chi connectivity index (χ3n) is 5.78. The molecule has 1 aromatic heterocycles. The zero-order valence-corrected chi connectivity index (χ0v) is 19.0. The van der Waals surface area contributed by atoms with Gasteiger partial charge < -0.3 is 24.9 Å². The second kappa shape index (κ2) is 9.79. The lowest BCUT2D eigenvalue weighted by Gasteiger charge is -2.20. The van der Waals surface area contributed by atoms with E-state index in [2.05, 4.69) is 10.3 Å². The van der Waals surface area contributed by atoms with Crippen LogP contribution >= 0.6 is 0 Å². The molecule has 6 heteroatoms. The minimum atomic E-state index is -0.622. The number of benzene rings is 3. The van der Waals surface area contributed by atoms with Gasteiger partial charge in [-0.1, -0.05) is 48.0 Å². The Morgan fingerprint density at radius 3 is 2.36 bits per heavy atom. The van der Waals surface area contributed by atoms with Gasteiger partial charge in [0.15, 0.2) is 5.78 Å². The van der Waals surface area contributed by atoms with Gasteiger partial charge in [-0.2, -0.15) is 0 Å². The number of rotatable bonds is 9. The maximum Gasteiger partial charge on any atom is 0.191 e. The molecule has 0 spiro atoms. The van der Waals surface area contributed by atoms with E-state index in [1.807, 2.05) is 61.5 Å². The smallest absolute Gasteiger partial charge is 0.191 e. The molecule has 1 atom stereocenters. The van der Waals surface area contributed by atoms with Gasteiger partial charge in [0.2, 0.25) is 0 Å². The van der Waals surface area contributed by atoms with E-state index in [1.165, 1.54) is 0 Å². The van der Waals surface area contributed by atoms with Gasteiger partial charge in [-0.3, -0.25) is 4.79 Å². The molecule has 0 aliphatic rings. The molecule has 0 aliphatic carbocycles. The van der Waals surface area contributed by atoms with Crippen LogP contribution in [0.15, 0.2) is 66.9 Å². The normalized spacial score (nSPS) is 11.9. The summed E-state index contributed by atoms with van der Waals surface area (Å²) in [6.07, 6.45) is 2.28. The zero-order valence-electron chi connectivity index (χ0n) is 19.0. The van der Waals surface area contributed by atoms with Crippen LogP contribution < -0.4 is 14.8 Å². The van der Waals surface area contributed by atoms with Gasteiger partial charge in [0.25, 0.3) is 0 Å². The molecule has 0 aliphatic heterocycles. The summed E-state index contributed by atoms with van der Waals surface area (Å²) in [6.45, 7) is 2.07. The molecule has 3 aromatic carbocycles. The van der Waals surface area contributed by atoms with E-state index < -0.39 is 6.04 Å². The monoisotopic (exact) mass is 444 g/mol. The van der Waals surface area contributed by atoms with Crippen molar-refractivity contribution < 1.29 is 19.4 Å². The van der Waals surface area contributed by atoms with Crippen LogP contribution in [0.2, 0.25) is 0 Å². The second-order valence-corrected chi connectivity index (χ2v) is 7.97. The highest BCUT2D eigenvalue weighted by Crippen LogP contribution is 2.32. The van der Waals surface area contributed by atoms with Crippen LogP contribution in [0.4, 0.5) is 5.69 Å². The Morgan fingerprint density at radius 2 is 1.73 bits per heavy atom. The number of aliphatic hydroxyl groups is 1. The number of aromatic amines is 1. The number of nitrogens with one attached hydrogen (secondary N) is 2. The molecule has 4 aromatic rings. The molecule has 0 radical (unpaired) electrons. The maximum absolute atomic E-state index is 13.9. The number of methoxy groups -OCH3 is 2. The van der Waals surface area contributed by atoms with Crippen molar-refractivity contribution in [2.24, 2.45) is 0 Å². The zero-order chi connectivity index (χ0) is 23.4. The van der Waals surface area contributed by atoms with Crippen LogP contribution in [0.5, 0.6) is 11.5 Å². The number of carbonyl (C=O) groups is 1. The van der Waals surface area contributed by atoms with E-state index >= 15 is 0 Å². The Hall–Kier alpha value is -3.77. The number of hydrogen-bond donors (Lipinski definition) is 3. The Kier molecular flexibility index (Phi) is 6.66. The quantitative estimate of drug-likeness (QED) is 0.314. The first-order valence-corrected chi connectivity index (χ1v) is 10.8. The van der Waals surface area contributed by atoms with Crippen LogP contribution in [-0.4, -0.2) is 36.7 Å². The molecule has 6 nitrogen and oxygen atoms in total. The van der Waals surface area contributed by atoms with Gasteiger partial charge in [-0.05, 0) is 24.5 Å². The molecule has 33 heavy (non-hydrogen) atoms. The molecule has 0 saturated carbocycles. The minimum Gasteiger partial charge on any atom is -0.497 e. The van der Waals surface area contributed by atoms with Crippen LogP contribution in [0.25, 0.3) is 10.9 Å². The lowest BCUT2D eigenvalue weighted by molar-refractivity contribution is 0.0971. The fourth-order valence-corrected chi connectivity index (χ4v) is 4.02. The van der Waals surface area contributed by atoms with E-state index in [0.717, 1.165) is 27.6 Å². The van der Waals surface area contributed by atoms with Gasteiger partial charge in [0.1, 0.15) is 17.5 Å². The summed E-state index contributed by atoms with van der Waals surface area (Å²) in [6, 6.07) is 18.6. The van der Waals surface area contributed by atoms with Gasteiger partial charge in [0.05, 0.1) is 14.2 Å². The number of anilines is 1. The summed E-state index contributed by atoms with van der Waals surface area (Å²) in [4.78, 5) is 17.1. The van der Waals surface area contributed by atoms with Crippen molar-refractivity contribution in [1.82, 2.24) is 4.98 Å². The molecule has 1 unspecified atom stereocenters. The predicted octanol–water partition coefficient (Wildman–Crippen LogP) is 5.06. The van der Waals surface area contributed by atoms with Gasteiger partial charge in [-0.25, -0.2) is 0 Å². The Bertz CT molecular complexity index is 1240. The molecular weight excluding hydrogens is 416 g/mol. The Morgan fingerprint density at radius 1 is 1.03 bits per heavy atom. The van der Waals surface area contributed by atoms with Crippen molar-refractivity contribution in [1.29, 1.82) is 0 Å². The number of para-hydroxylation sites is 1. The number of H-pyrrole nitrogens is 1. The molecule has 1 heterocycles. The highest BCUT2D eigenvalue weighted by Gasteiger charge is 2.25. The highest BCUT2D eigenvalue weighted by atomic mass is 16.5. The first kappa shape index (κ1) is 22.4. The molecular formula is C27H28N2O4. The first-order valence-electron chi connectivity index (χ1n) is 10.8. The molecule has 4 rings (SSSR count). The summed E-state index contributed by atoms with van der Waals surface area (Å²) in [5.41, 5.74) is 5.14. The van der Waals surface area contributed by atoms with Crippen molar-refractivity contribution in [3.05, 3.63) is 89.1 Å². The highest BCUT2D eigenvalue weighted by molar-refractivity contribution is 6.12. The molecule has 3 N–H and O–H groups in total. The summed E-state index contributed by atoms with van der Waals surface area (Å²) in [5.74, 6) is 1.20. The number of aryl methyl sites for hydroxylation is 1. The molecule has 170 valence electrons. The first-order chi connectivity index (χ1) is 16.0. The molecule has 0 saturated heterocycles. The number of fused-ring (bicyclic) bond motifs is 1. The van der Waals surface area contributed by atoms with E-state index in [1.54, 1.807) is 26.5 Å². The Balaban J connectivity index is 1.77. The number of ether oxygens (including phenoxy) is 2. The summed E-state index contributed by atoms with van der Waals surface area (Å²) >= 11 is 0. The summed E-state index contributed by atoms with van der Waals surface area (Å²) in [7, 11) is 3.19. The van der Waals surface area contributed by atoms with Crippen LogP contribution in [0, 0.1) is 6.92 Å². The van der Waals surface area contributed by atoms with Crippen LogP contribution in [0.1, 0.15) is 33.1 Å². The largest absolute Gasteiger partial charge is 0.497 e. The lowest BCUT2D eigenvalue weighted by atomic mass is 9.95. The third kappa shape index (κ3) is 4.71. The van der Waals surface area contributed by atoms with Crippen molar-refractivity contribution in [3.8, 4) is 11.5 Å². The van der Waals surface area contributed by atoms with E-state index in [4.69, 9.17) is 9.47 Å². The third-order valence-corrected chi connectivity index (χ3v) is 5.78. The second-order valence-electron chi connectivity index (χ2n) is 7.97. The average Bonchev–Trinajstić information content (AvgIpc) is 3.28. The summed E-state index contributed by atoms with van der Waals surface area (Å²) < 4.78 is 10.8. The molecule has 0 amide bonds. The number of ketones is 1. The number of aliphatic hydroxyl groups excluding tert-OH is 1. The van der Waals surface area contributed by atoms with E-state index in [-0.39, 0.29) is 12.4 Å². The van der Waals surface area contributed by atoms with Crippen molar-refractivity contribution in [3.63, 3.8) is 0 Å². The average molecular weight is 445 g/mol. The van der Waals surface area contributed by atoms with Gasteiger partial charge >= 0.3 is 0 Å². The van der Waals surface area contributed by atoms with Crippen molar-refractivity contribution in [2.75, 3.05) is 26.1 Å². The SMILES string of the molecule is COc1cc(NC(C(=O)c2c[nH]c3c(CCO)cccc23)c2ccc(C)cc2)cc(OC)c1. The number of hydrogen-bond acceptors (Lipinski definition) is 5. The standard InChI is InChI=1S/C27H28N2O4/c1-17-7-9-19(10-8-17)26(29-20-13-21(32-2)15-22(14-20)33-3)27(31)24-16-28-25-18(11-12-30)5-4-6-23(24)25/h4-10,13-16,26,28-30H,11-12H2,1-3H3. The molecule has 0 fully saturated rings. The van der Waals surface area contributed by atoms with E-state index in [9.17, 15) is 9.90 Å². The van der Waals surface area contributed by atoms with E-state index in [0.29, 0.717) is 29.2 Å². The number of Topliss-reactive ketones (excluding diaryl/α,β-unsaturated/α-hetero) is 1. The minimum absolute atomic E-state index is 0.0482. The number of aromatic nitrogens is 1. The fourth-order valence-electron chi connectivity index (χ4n) is 4.02. The topological polar surface area (TPSA) is 83.6 Å². The van der Waals surface area contributed by atoms with Crippen LogP contribution in [-0.2, 0) is 6.42 Å². The van der Waals surface area contributed by atoms with Crippen LogP contribution in [0.3, 0.4) is 0 Å². The van der Waals surface area contributed by atoms with Crippen molar-refractivity contribution >= 4 is 22.4 Å². The number of carbonyl (C=O) groups excluding carboxylic acids is 1. The van der Waals surface area contributed by atoms with Gasteiger partial charge in [0, 0.05) is 53.2 Å². The Labute approximate surface area is 193 Å².